The molecule has 0 bridgehead atoms. The summed E-state index contributed by atoms with van der Waals surface area (Å²) >= 11 is 0. The number of hydrogen-bond donors (Lipinski definition) is 1. The van der Waals surface area contributed by atoms with Crippen LogP contribution in [0.5, 0.6) is 0 Å². The van der Waals surface area contributed by atoms with Crippen LogP contribution in [0.25, 0.3) is 11.0 Å². The zero-order valence-corrected chi connectivity index (χ0v) is 16.7. The number of fused-ring (bicyclic) bond motifs is 1. The molecule has 142 valence electrons. The van der Waals surface area contributed by atoms with E-state index in [1.807, 2.05) is 19.1 Å². The number of nitrogens with zero attached hydrogens (tertiary/aromatic N) is 4. The number of imidazole rings is 1. The van der Waals surface area contributed by atoms with Crippen molar-refractivity contribution in [3.05, 3.63) is 30.1 Å². The highest BCUT2D eigenvalue weighted by molar-refractivity contribution is 5.92. The average molecular weight is 356 g/mol. The summed E-state index contributed by atoms with van der Waals surface area (Å²) in [6.45, 7) is 11.3. The van der Waals surface area contributed by atoms with Crippen molar-refractivity contribution in [2.24, 2.45) is 5.92 Å². The second-order valence-electron chi connectivity index (χ2n) is 7.86. The fraction of sp³-hybridized carbons (Fsp3) is 0.619. The lowest BCUT2D eigenvalue weighted by Gasteiger charge is -2.33. The molecule has 1 aliphatic rings. The second-order valence-corrected chi connectivity index (χ2v) is 7.86. The lowest BCUT2D eigenvalue weighted by molar-refractivity contribution is 0.157. The first-order valence-corrected chi connectivity index (χ1v) is 9.98. The fourth-order valence-electron chi connectivity index (χ4n) is 4.04. The summed E-state index contributed by atoms with van der Waals surface area (Å²) in [6, 6.07) is 8.67. The Morgan fingerprint density at radius 3 is 2.65 bits per heavy atom. The first-order valence-electron chi connectivity index (χ1n) is 9.98. The van der Waals surface area contributed by atoms with Crippen molar-refractivity contribution >= 4 is 16.9 Å². The standard InChI is InChI=1S/C21H33N5/c1-5-20(22)26-18-10-7-6-9-17(18)23-21(26)15-19(16(2)3)25-12-8-11-24(4)13-14-25/h6-7,9-10,16,19,22H,5,8,11-15H2,1-4H3. The van der Waals surface area contributed by atoms with Crippen LogP contribution >= 0.6 is 0 Å². The van der Waals surface area contributed by atoms with Gasteiger partial charge >= 0.3 is 0 Å². The van der Waals surface area contributed by atoms with E-state index < -0.39 is 0 Å². The molecule has 3 rings (SSSR count). The van der Waals surface area contributed by atoms with E-state index in [1.54, 1.807) is 0 Å². The van der Waals surface area contributed by atoms with Crippen molar-refractivity contribution in [2.45, 2.75) is 46.1 Å². The van der Waals surface area contributed by atoms with Crippen molar-refractivity contribution in [3.63, 3.8) is 0 Å². The van der Waals surface area contributed by atoms with Crippen LogP contribution in [0.1, 0.15) is 39.4 Å². The average Bonchev–Trinajstić information content (AvgIpc) is 2.86. The van der Waals surface area contributed by atoms with Crippen LogP contribution in [-0.2, 0) is 6.42 Å². The maximum absolute atomic E-state index is 8.48. The topological polar surface area (TPSA) is 48.2 Å². The maximum atomic E-state index is 8.48. The van der Waals surface area contributed by atoms with E-state index >= 15 is 0 Å². The Balaban J connectivity index is 1.93. The van der Waals surface area contributed by atoms with E-state index in [2.05, 4.69) is 47.4 Å². The number of benzene rings is 1. The third-order valence-electron chi connectivity index (χ3n) is 5.62. The molecular weight excluding hydrogens is 322 g/mol. The quantitative estimate of drug-likeness (QED) is 0.660. The maximum Gasteiger partial charge on any atom is 0.116 e. The van der Waals surface area contributed by atoms with Gasteiger partial charge < -0.3 is 4.90 Å². The van der Waals surface area contributed by atoms with Gasteiger partial charge in [-0.2, -0.15) is 0 Å². The molecule has 0 amide bonds. The van der Waals surface area contributed by atoms with Crippen LogP contribution < -0.4 is 0 Å². The SMILES string of the molecule is CCC(=N)n1c(CC(C(C)C)N2CCCN(C)CC2)nc2ccccc21. The minimum atomic E-state index is 0.460. The minimum Gasteiger partial charge on any atom is -0.305 e. The van der Waals surface area contributed by atoms with Gasteiger partial charge in [0.15, 0.2) is 0 Å². The monoisotopic (exact) mass is 355 g/mol. The predicted molar refractivity (Wildman–Crippen MR) is 109 cm³/mol. The van der Waals surface area contributed by atoms with Crippen LogP contribution in [0.2, 0.25) is 0 Å². The molecule has 1 aromatic carbocycles. The highest BCUT2D eigenvalue weighted by Gasteiger charge is 2.26. The van der Waals surface area contributed by atoms with E-state index in [4.69, 9.17) is 10.4 Å². The molecule has 0 spiro atoms. The van der Waals surface area contributed by atoms with E-state index in [9.17, 15) is 0 Å². The summed E-state index contributed by atoms with van der Waals surface area (Å²) in [6.07, 6.45) is 2.84. The number of aromatic nitrogens is 2. The van der Waals surface area contributed by atoms with Gasteiger partial charge in [-0.3, -0.25) is 14.9 Å². The molecule has 2 heterocycles. The molecular formula is C21H33N5. The first-order chi connectivity index (χ1) is 12.5. The van der Waals surface area contributed by atoms with Crippen molar-refractivity contribution in [1.82, 2.24) is 19.4 Å². The molecule has 1 atom stereocenters. The molecule has 0 radical (unpaired) electrons. The predicted octanol–water partition coefficient (Wildman–Crippen LogP) is 3.48. The zero-order chi connectivity index (χ0) is 18.7. The minimum absolute atomic E-state index is 0.460. The summed E-state index contributed by atoms with van der Waals surface area (Å²) in [4.78, 5) is 10.00. The number of hydrogen-bond acceptors (Lipinski definition) is 4. The number of likely N-dealkylation sites (N-methyl/N-ethyl adjacent to an activating group) is 1. The summed E-state index contributed by atoms with van der Waals surface area (Å²) in [5.41, 5.74) is 2.06. The van der Waals surface area contributed by atoms with E-state index in [1.165, 1.54) is 13.0 Å². The van der Waals surface area contributed by atoms with Gasteiger partial charge in [0.1, 0.15) is 11.7 Å². The van der Waals surface area contributed by atoms with Gasteiger partial charge in [0.05, 0.1) is 11.0 Å². The van der Waals surface area contributed by atoms with Gasteiger partial charge in [0, 0.05) is 32.0 Å². The third-order valence-corrected chi connectivity index (χ3v) is 5.62. The van der Waals surface area contributed by atoms with Gasteiger partial charge in [-0.1, -0.05) is 32.9 Å². The zero-order valence-electron chi connectivity index (χ0n) is 16.7. The summed E-state index contributed by atoms with van der Waals surface area (Å²) < 4.78 is 2.08. The van der Waals surface area contributed by atoms with Crippen molar-refractivity contribution in [3.8, 4) is 0 Å². The Bertz CT molecular complexity index is 748. The molecule has 5 heteroatoms. The third kappa shape index (κ3) is 3.99. The van der Waals surface area contributed by atoms with Gasteiger partial charge in [0.25, 0.3) is 0 Å². The Hall–Kier alpha value is -1.72. The molecule has 1 saturated heterocycles. The smallest absolute Gasteiger partial charge is 0.116 e. The Labute approximate surface area is 157 Å². The number of nitrogens with one attached hydrogen (secondary N) is 1. The van der Waals surface area contributed by atoms with Gasteiger partial charge in [-0.15, -0.1) is 0 Å². The molecule has 1 unspecified atom stereocenters. The lowest BCUT2D eigenvalue weighted by Crippen LogP contribution is -2.43. The molecule has 1 N–H and O–H groups in total. The molecule has 2 aromatic rings. The number of rotatable bonds is 5. The summed E-state index contributed by atoms with van der Waals surface area (Å²) in [7, 11) is 2.22. The summed E-state index contributed by atoms with van der Waals surface area (Å²) in [5, 5.41) is 8.48. The molecule has 0 aliphatic carbocycles. The highest BCUT2D eigenvalue weighted by Crippen LogP contribution is 2.22. The molecule has 5 nitrogen and oxygen atoms in total. The van der Waals surface area contributed by atoms with Crippen LogP contribution in [-0.4, -0.2) is 64.5 Å². The second kappa shape index (κ2) is 8.31. The van der Waals surface area contributed by atoms with Gasteiger partial charge in [-0.25, -0.2) is 4.98 Å². The van der Waals surface area contributed by atoms with Gasteiger partial charge in [-0.05, 0) is 44.6 Å². The molecule has 1 fully saturated rings. The largest absolute Gasteiger partial charge is 0.305 e. The fourth-order valence-corrected chi connectivity index (χ4v) is 4.04. The lowest BCUT2D eigenvalue weighted by atomic mass is 9.98. The van der Waals surface area contributed by atoms with E-state index in [0.717, 1.165) is 42.9 Å². The molecule has 0 saturated carbocycles. The Kier molecular flexibility index (Phi) is 6.09. The molecule has 1 aliphatic heterocycles. The van der Waals surface area contributed by atoms with E-state index in [-0.39, 0.29) is 0 Å². The van der Waals surface area contributed by atoms with Crippen molar-refractivity contribution in [1.29, 1.82) is 5.41 Å². The normalized spacial score (nSPS) is 18.3. The van der Waals surface area contributed by atoms with Crippen LogP contribution in [0, 0.1) is 11.3 Å². The van der Waals surface area contributed by atoms with Crippen molar-refractivity contribution in [2.75, 3.05) is 33.2 Å². The summed E-state index contributed by atoms with van der Waals surface area (Å²) in [5.74, 6) is 2.23. The van der Waals surface area contributed by atoms with Gasteiger partial charge in [0.2, 0.25) is 0 Å². The Morgan fingerprint density at radius 2 is 1.92 bits per heavy atom. The first kappa shape index (κ1) is 19.1. The molecule has 1 aromatic heterocycles. The van der Waals surface area contributed by atoms with Crippen LogP contribution in [0.3, 0.4) is 0 Å². The highest BCUT2D eigenvalue weighted by atomic mass is 15.2. The molecule has 26 heavy (non-hydrogen) atoms. The number of para-hydroxylation sites is 2. The van der Waals surface area contributed by atoms with Crippen molar-refractivity contribution < 1.29 is 0 Å². The van der Waals surface area contributed by atoms with E-state index in [0.29, 0.717) is 24.2 Å². The van der Waals surface area contributed by atoms with Crippen LogP contribution in [0.4, 0.5) is 0 Å². The van der Waals surface area contributed by atoms with Crippen LogP contribution in [0.15, 0.2) is 24.3 Å². The Morgan fingerprint density at radius 1 is 1.15 bits per heavy atom.